The van der Waals surface area contributed by atoms with Crippen molar-refractivity contribution in [1.29, 1.82) is 0 Å². The van der Waals surface area contributed by atoms with E-state index in [9.17, 15) is 4.79 Å². The quantitative estimate of drug-likeness (QED) is 0.545. The lowest BCUT2D eigenvalue weighted by molar-refractivity contribution is -0.111. The predicted molar refractivity (Wildman–Crippen MR) is 103 cm³/mol. The summed E-state index contributed by atoms with van der Waals surface area (Å²) in [6, 6.07) is 19.1. The normalized spacial score (nSPS) is 11.1. The Balaban J connectivity index is 1.59. The molecule has 1 amide bonds. The average Bonchev–Trinajstić information content (AvgIpc) is 3.12. The van der Waals surface area contributed by atoms with Gasteiger partial charge in [-0.2, -0.15) is 0 Å². The van der Waals surface area contributed by atoms with Crippen LogP contribution >= 0.6 is 0 Å². The molecule has 0 spiro atoms. The first-order valence-electron chi connectivity index (χ1n) is 8.23. The van der Waals surface area contributed by atoms with Crippen molar-refractivity contribution in [2.75, 3.05) is 5.32 Å². The first-order valence-corrected chi connectivity index (χ1v) is 8.23. The second-order valence-corrected chi connectivity index (χ2v) is 5.76. The molecule has 5 nitrogen and oxygen atoms in total. The van der Waals surface area contributed by atoms with E-state index in [1.165, 1.54) is 6.08 Å². The number of hydrogen-bond acceptors (Lipinski definition) is 3. The van der Waals surface area contributed by atoms with Gasteiger partial charge in [0.1, 0.15) is 5.82 Å². The molecule has 0 fully saturated rings. The number of H-pyrrole nitrogens is 1. The summed E-state index contributed by atoms with van der Waals surface area (Å²) in [7, 11) is 0. The molecule has 4 rings (SSSR count). The van der Waals surface area contributed by atoms with Crippen molar-refractivity contribution in [3.63, 3.8) is 0 Å². The van der Waals surface area contributed by atoms with Crippen molar-refractivity contribution < 1.29 is 4.79 Å². The van der Waals surface area contributed by atoms with Gasteiger partial charge in [-0.05, 0) is 42.0 Å². The van der Waals surface area contributed by atoms with E-state index in [4.69, 9.17) is 0 Å². The van der Waals surface area contributed by atoms with E-state index in [1.54, 1.807) is 18.5 Å². The number of amides is 1. The Morgan fingerprint density at radius 2 is 1.85 bits per heavy atom. The van der Waals surface area contributed by atoms with Crippen molar-refractivity contribution in [2.45, 2.75) is 0 Å². The zero-order valence-electron chi connectivity index (χ0n) is 13.9. The number of nitrogens with one attached hydrogen (secondary N) is 2. The van der Waals surface area contributed by atoms with E-state index in [-0.39, 0.29) is 5.91 Å². The van der Waals surface area contributed by atoms with Crippen LogP contribution in [0.2, 0.25) is 0 Å². The molecule has 26 heavy (non-hydrogen) atoms. The van der Waals surface area contributed by atoms with Crippen LogP contribution in [0.5, 0.6) is 0 Å². The average molecular weight is 340 g/mol. The maximum atomic E-state index is 12.3. The monoisotopic (exact) mass is 340 g/mol. The smallest absolute Gasteiger partial charge is 0.248 e. The van der Waals surface area contributed by atoms with Crippen molar-refractivity contribution in [1.82, 2.24) is 15.0 Å². The van der Waals surface area contributed by atoms with Gasteiger partial charge in [0.05, 0.1) is 16.7 Å². The Hall–Kier alpha value is -3.73. The van der Waals surface area contributed by atoms with Gasteiger partial charge in [0.25, 0.3) is 0 Å². The molecule has 2 N–H and O–H groups in total. The highest BCUT2D eigenvalue weighted by Crippen LogP contribution is 2.27. The molecule has 0 aliphatic carbocycles. The lowest BCUT2D eigenvalue weighted by Gasteiger charge is -2.07. The van der Waals surface area contributed by atoms with Crippen LogP contribution in [0.25, 0.3) is 28.5 Å². The van der Waals surface area contributed by atoms with Gasteiger partial charge in [0.15, 0.2) is 0 Å². The molecule has 0 bridgehead atoms. The molecule has 126 valence electrons. The van der Waals surface area contributed by atoms with E-state index in [1.807, 2.05) is 60.7 Å². The fourth-order valence-corrected chi connectivity index (χ4v) is 2.70. The van der Waals surface area contributed by atoms with Crippen molar-refractivity contribution in [3.05, 3.63) is 84.7 Å². The molecule has 2 aromatic heterocycles. The molecule has 0 aliphatic rings. The fourth-order valence-electron chi connectivity index (χ4n) is 2.70. The molecule has 0 radical (unpaired) electrons. The van der Waals surface area contributed by atoms with Gasteiger partial charge in [-0.25, -0.2) is 4.98 Å². The lowest BCUT2D eigenvalue weighted by Crippen LogP contribution is -2.08. The van der Waals surface area contributed by atoms with Crippen LogP contribution in [0.4, 0.5) is 5.69 Å². The van der Waals surface area contributed by atoms with Gasteiger partial charge in [0, 0.05) is 24.0 Å². The second kappa shape index (κ2) is 7.03. The summed E-state index contributed by atoms with van der Waals surface area (Å²) in [4.78, 5) is 24.2. The Labute approximate surface area is 150 Å². The number of nitrogens with zero attached hydrogens (tertiary/aromatic N) is 2. The van der Waals surface area contributed by atoms with Crippen molar-refractivity contribution in [3.8, 4) is 11.4 Å². The SMILES string of the molecule is O=C(/C=C/c1cccnc1)Nc1ccccc1-c1nc2ccccc2[nH]1. The summed E-state index contributed by atoms with van der Waals surface area (Å²) in [5, 5.41) is 2.92. The van der Waals surface area contributed by atoms with Crippen LogP contribution in [-0.4, -0.2) is 20.9 Å². The number of anilines is 1. The van der Waals surface area contributed by atoms with E-state index in [0.29, 0.717) is 5.69 Å². The summed E-state index contributed by atoms with van der Waals surface area (Å²) < 4.78 is 0. The van der Waals surface area contributed by atoms with Crippen LogP contribution < -0.4 is 5.32 Å². The third-order valence-electron chi connectivity index (χ3n) is 3.94. The third kappa shape index (κ3) is 3.37. The van der Waals surface area contributed by atoms with Gasteiger partial charge in [-0.15, -0.1) is 0 Å². The second-order valence-electron chi connectivity index (χ2n) is 5.76. The van der Waals surface area contributed by atoms with Crippen LogP contribution in [0.15, 0.2) is 79.1 Å². The van der Waals surface area contributed by atoms with Crippen LogP contribution in [0, 0.1) is 0 Å². The summed E-state index contributed by atoms with van der Waals surface area (Å²) in [5.41, 5.74) is 4.26. The van der Waals surface area contributed by atoms with Gasteiger partial charge >= 0.3 is 0 Å². The Morgan fingerprint density at radius 1 is 1.00 bits per heavy atom. The Kier molecular flexibility index (Phi) is 4.26. The first-order chi connectivity index (χ1) is 12.8. The lowest BCUT2D eigenvalue weighted by atomic mass is 10.1. The number of fused-ring (bicyclic) bond motifs is 1. The highest BCUT2D eigenvalue weighted by atomic mass is 16.1. The first kappa shape index (κ1) is 15.8. The number of aromatic nitrogens is 3. The number of imidazole rings is 1. The molecule has 2 heterocycles. The van der Waals surface area contributed by atoms with Crippen LogP contribution in [0.3, 0.4) is 0 Å². The minimum absolute atomic E-state index is 0.211. The molecular formula is C21H16N4O. The van der Waals surface area contributed by atoms with E-state index in [0.717, 1.165) is 28.0 Å². The third-order valence-corrected chi connectivity index (χ3v) is 3.94. The maximum absolute atomic E-state index is 12.3. The highest BCUT2D eigenvalue weighted by molar-refractivity contribution is 6.04. The molecule has 5 heteroatoms. The molecule has 2 aromatic carbocycles. The van der Waals surface area contributed by atoms with E-state index < -0.39 is 0 Å². The highest BCUT2D eigenvalue weighted by Gasteiger charge is 2.10. The van der Waals surface area contributed by atoms with Crippen molar-refractivity contribution in [2.24, 2.45) is 0 Å². The van der Waals surface area contributed by atoms with Gasteiger partial charge < -0.3 is 10.3 Å². The molecule has 0 atom stereocenters. The predicted octanol–water partition coefficient (Wildman–Crippen LogP) is 4.28. The summed E-state index contributed by atoms with van der Waals surface area (Å²) in [5.74, 6) is 0.510. The van der Waals surface area contributed by atoms with Crippen molar-refractivity contribution >= 4 is 28.7 Å². The number of hydrogen-bond donors (Lipinski definition) is 2. The largest absolute Gasteiger partial charge is 0.338 e. The van der Waals surface area contributed by atoms with Crippen LogP contribution in [-0.2, 0) is 4.79 Å². The molecule has 0 saturated heterocycles. The standard InChI is InChI=1S/C21H16N4O/c26-20(12-11-15-6-5-13-22-14-15)23-17-8-2-1-7-16(17)21-24-18-9-3-4-10-19(18)25-21/h1-14H,(H,23,26)(H,24,25)/b12-11+. The zero-order chi connectivity index (χ0) is 17.8. The number of aromatic amines is 1. The number of benzene rings is 2. The molecule has 0 aliphatic heterocycles. The summed E-state index contributed by atoms with van der Waals surface area (Å²) in [6.07, 6.45) is 6.62. The van der Waals surface area contributed by atoms with Gasteiger partial charge in [-0.3, -0.25) is 9.78 Å². The minimum atomic E-state index is -0.211. The maximum Gasteiger partial charge on any atom is 0.248 e. The van der Waals surface area contributed by atoms with E-state index in [2.05, 4.69) is 20.3 Å². The minimum Gasteiger partial charge on any atom is -0.338 e. The van der Waals surface area contributed by atoms with E-state index >= 15 is 0 Å². The fraction of sp³-hybridized carbons (Fsp3) is 0. The van der Waals surface area contributed by atoms with Gasteiger partial charge in [0.2, 0.25) is 5.91 Å². The molecular weight excluding hydrogens is 324 g/mol. The summed E-state index contributed by atoms with van der Waals surface area (Å²) >= 11 is 0. The van der Waals surface area contributed by atoms with Crippen LogP contribution in [0.1, 0.15) is 5.56 Å². The van der Waals surface area contributed by atoms with Gasteiger partial charge in [-0.1, -0.05) is 30.3 Å². The number of rotatable bonds is 4. The number of para-hydroxylation sites is 3. The molecule has 4 aromatic rings. The summed E-state index contributed by atoms with van der Waals surface area (Å²) in [6.45, 7) is 0. The molecule has 0 unspecified atom stereocenters. The zero-order valence-corrected chi connectivity index (χ0v) is 13.9. The molecule has 0 saturated carbocycles. The number of carbonyl (C=O) groups is 1. The number of carbonyl (C=O) groups excluding carboxylic acids is 1. The number of pyridine rings is 1. The Morgan fingerprint density at radius 3 is 2.69 bits per heavy atom. The topological polar surface area (TPSA) is 70.7 Å². The Bertz CT molecular complexity index is 1050.